The predicted molar refractivity (Wildman–Crippen MR) is 316 cm³/mol. The molecule has 0 radical (unpaired) electrons. The van der Waals surface area contributed by atoms with Crippen LogP contribution < -0.4 is 27.2 Å². The van der Waals surface area contributed by atoms with E-state index in [1.54, 1.807) is 57.2 Å². The second-order valence-electron chi connectivity index (χ2n) is 19.9. The molecule has 3 aliphatic heterocycles. The van der Waals surface area contributed by atoms with Gasteiger partial charge in [0.15, 0.2) is 12.6 Å². The Morgan fingerprint density at radius 1 is 0.873 bits per heavy atom. The highest BCUT2D eigenvalue weighted by Crippen LogP contribution is 2.35. The first kappa shape index (κ1) is 80.0. The first-order valence-corrected chi connectivity index (χ1v) is 28.8. The minimum Gasteiger partial charge on any atom is -0.494 e. The number of nitrogens with zero attached hydrogens (tertiary/aromatic N) is 4. The molecule has 0 bridgehead atoms. The van der Waals surface area contributed by atoms with Gasteiger partial charge in [-0.25, -0.2) is 11.7 Å². The van der Waals surface area contributed by atoms with Crippen molar-refractivity contribution in [3.05, 3.63) is 47.9 Å². The maximum absolute atomic E-state index is 12.9. The smallest absolute Gasteiger partial charge is 0.311 e. The van der Waals surface area contributed by atoms with Crippen LogP contribution in [0.1, 0.15) is 155 Å². The van der Waals surface area contributed by atoms with Gasteiger partial charge in [0, 0.05) is 90.8 Å². The normalized spacial score (nSPS) is 29.8. The van der Waals surface area contributed by atoms with Crippen molar-refractivity contribution in [3.63, 3.8) is 0 Å². The fourth-order valence-electron chi connectivity index (χ4n) is 8.80. The number of carbonyl (C=O) groups excluding carboxylic acids is 1. The summed E-state index contributed by atoms with van der Waals surface area (Å²) in [4.78, 5) is 16.8. The minimum absolute atomic E-state index is 0.0319. The van der Waals surface area contributed by atoms with Crippen LogP contribution in [0.3, 0.4) is 0 Å². The van der Waals surface area contributed by atoms with Gasteiger partial charge in [-0.05, 0) is 117 Å². The molecular weight excluding hydrogens is 1020 g/mol. The van der Waals surface area contributed by atoms with Crippen LogP contribution >= 0.6 is 0 Å². The van der Waals surface area contributed by atoms with Crippen molar-refractivity contribution in [3.8, 4) is 5.75 Å². The van der Waals surface area contributed by atoms with Crippen LogP contribution in [0.2, 0.25) is 0 Å². The first-order valence-electron chi connectivity index (χ1n) is 28.8. The third kappa shape index (κ3) is 30.6. The van der Waals surface area contributed by atoms with Gasteiger partial charge in [-0.3, -0.25) is 14.7 Å². The molecule has 12 N–H and O–H groups in total. The van der Waals surface area contributed by atoms with Crippen molar-refractivity contribution in [2.45, 2.75) is 222 Å². The minimum atomic E-state index is -1.68. The number of methoxy groups -OCH3 is 2. The van der Waals surface area contributed by atoms with Crippen molar-refractivity contribution < 1.29 is 68.6 Å². The zero-order valence-electron chi connectivity index (χ0n) is 52.7. The molecule has 3 aliphatic rings. The maximum Gasteiger partial charge on any atom is 0.311 e. The Hall–Kier alpha value is -3.23. The largest absolute Gasteiger partial charge is 0.494 e. The molecule has 1 aromatic rings. The number of likely N-dealkylation sites (N-methyl/N-ethyl adjacent to an activating group) is 1. The van der Waals surface area contributed by atoms with Crippen molar-refractivity contribution in [2.75, 3.05) is 79.9 Å². The van der Waals surface area contributed by atoms with Crippen LogP contribution in [0.15, 0.2) is 47.9 Å². The van der Waals surface area contributed by atoms with Gasteiger partial charge < -0.3 is 79.4 Å². The molecule has 3 saturated heterocycles. The second kappa shape index (κ2) is 44.4. The Morgan fingerprint density at radius 2 is 1.47 bits per heavy atom. The lowest BCUT2D eigenvalue weighted by molar-refractivity contribution is -0.292. The molecule has 79 heavy (non-hydrogen) atoms. The Balaban J connectivity index is -0.00000126. The standard InChI is InChI=1S/C25H44N6O4.C24H45NO9.4C2H6.CH4O/c1-19(18-32)16-31(28)22-6-8-24(9-7-22)34-13-5-11-30(27)17-21(26)10-12-29(3)23-14-20(2)35-25(15-23)33-4;1-14-10-17(26)8-9-18(34-19-11-24(5,31-7)20(27)16(3)33-19)15(2)21(28)32-13-23(4,30)22(29)25(6)12-14;5*1-2/h6-9,16-17,20,23,25,32H,5,10-15,18,26-28H2,1-4H3;14-20,22,26-27,29-30H,8-13H2,1-7H3;4*1-2H3;2H,1H3/b19-16+,21-17-;;;;;;/t;14-,15?,16?,17?,18+,19+,20+,22?,23-,24?;;;;;/m.1...../s1. The summed E-state index contributed by atoms with van der Waals surface area (Å²) < 4.78 is 39.9. The summed E-state index contributed by atoms with van der Waals surface area (Å²) in [5.41, 5.74) is 5.98. The number of aliphatic hydroxyl groups excluding tert-OH is 5. The van der Waals surface area contributed by atoms with Crippen molar-refractivity contribution in [1.29, 1.82) is 0 Å². The number of hydrazine groups is 2. The van der Waals surface area contributed by atoms with Crippen LogP contribution in [-0.2, 0) is 33.2 Å². The number of hydrogen-bond acceptors (Lipinski definition) is 21. The lowest BCUT2D eigenvalue weighted by Crippen LogP contribution is -2.57. The van der Waals surface area contributed by atoms with E-state index in [2.05, 4.69) is 18.9 Å². The summed E-state index contributed by atoms with van der Waals surface area (Å²) in [6, 6.07) is 7.86. The first-order chi connectivity index (χ1) is 37.4. The fraction of sp³-hybridized carbons (Fsp3) is 0.810. The van der Waals surface area contributed by atoms with Gasteiger partial charge in [-0.1, -0.05) is 62.3 Å². The molecule has 1 aromatic carbocycles. The van der Waals surface area contributed by atoms with Crippen LogP contribution in [0.25, 0.3) is 0 Å². The van der Waals surface area contributed by atoms with Gasteiger partial charge in [0.1, 0.15) is 30.3 Å². The molecule has 0 spiro atoms. The van der Waals surface area contributed by atoms with Gasteiger partial charge in [-0.2, -0.15) is 0 Å². The highest BCUT2D eigenvalue weighted by Gasteiger charge is 2.47. The summed E-state index contributed by atoms with van der Waals surface area (Å²) >= 11 is 0. The second-order valence-corrected chi connectivity index (χ2v) is 19.9. The average molecular weight is 1140 g/mol. The van der Waals surface area contributed by atoms with Crippen molar-refractivity contribution >= 4 is 11.7 Å². The molecule has 468 valence electrons. The fourth-order valence-corrected chi connectivity index (χ4v) is 8.80. The zero-order chi connectivity index (χ0) is 61.6. The van der Waals surface area contributed by atoms with Crippen molar-refractivity contribution in [1.82, 2.24) is 14.8 Å². The third-order valence-electron chi connectivity index (χ3n) is 13.3. The topological polar surface area (TPSA) is 294 Å². The summed E-state index contributed by atoms with van der Waals surface area (Å²) in [5.74, 6) is 11.6. The van der Waals surface area contributed by atoms with Gasteiger partial charge >= 0.3 is 5.97 Å². The number of benzene rings is 1. The molecule has 3 fully saturated rings. The number of hydrogen-bond donors (Lipinski definition) is 9. The number of esters is 1. The molecule has 0 amide bonds. The molecule has 13 atom stereocenters. The maximum atomic E-state index is 12.9. The van der Waals surface area contributed by atoms with Gasteiger partial charge in [-0.15, -0.1) is 0 Å². The van der Waals surface area contributed by atoms with E-state index in [0.29, 0.717) is 45.0 Å². The molecule has 0 aliphatic carbocycles. The van der Waals surface area contributed by atoms with E-state index in [0.717, 1.165) is 62.0 Å². The summed E-state index contributed by atoms with van der Waals surface area (Å²) in [5, 5.41) is 61.6. The number of cyclic esters (lactones) is 1. The molecule has 21 nitrogen and oxygen atoms in total. The molecule has 4 rings (SSSR count). The Labute approximate surface area is 478 Å². The van der Waals surface area contributed by atoms with E-state index in [1.807, 2.05) is 93.5 Å². The Morgan fingerprint density at radius 3 is 2.03 bits per heavy atom. The number of ether oxygens (including phenoxy) is 7. The monoisotopic (exact) mass is 1140 g/mol. The number of anilines is 1. The summed E-state index contributed by atoms with van der Waals surface area (Å²) in [7, 11) is 8.00. The van der Waals surface area contributed by atoms with E-state index < -0.39 is 60.0 Å². The van der Waals surface area contributed by atoms with Crippen LogP contribution in [0.5, 0.6) is 5.75 Å². The number of carbonyl (C=O) groups is 1. The molecular formula is C58H117N7O14. The number of rotatable bonds is 17. The third-order valence-corrected chi connectivity index (χ3v) is 13.3. The van der Waals surface area contributed by atoms with E-state index >= 15 is 0 Å². The zero-order valence-corrected chi connectivity index (χ0v) is 52.7. The number of aliphatic hydroxyl groups is 6. The SMILES string of the molecule is CC.CC.CC.CC.CO.COC1(C)C[C@H](O[C@H]2CCC(O)C[C@@H](C)CN(C)C(O)[C@](C)(O)COC(=O)C2C)OC(C)[C@@H]1O.COC1CC(N(C)CC/C(N)=C/N(N)CCCOc2ccc(N(N)/C=C(\C)CO)cc2)CC(C)O1. The van der Waals surface area contributed by atoms with Gasteiger partial charge in [0.2, 0.25) is 0 Å². The van der Waals surface area contributed by atoms with Crippen LogP contribution in [0, 0.1) is 11.8 Å². The molecule has 0 saturated carbocycles. The molecule has 3 heterocycles. The molecule has 8 unspecified atom stereocenters. The van der Waals surface area contributed by atoms with E-state index in [-0.39, 0.29) is 37.9 Å². The van der Waals surface area contributed by atoms with Crippen molar-refractivity contribution in [2.24, 2.45) is 29.3 Å². The van der Waals surface area contributed by atoms with Crippen LogP contribution in [-0.4, -0.2) is 193 Å². The highest BCUT2D eigenvalue weighted by molar-refractivity contribution is 5.72. The quantitative estimate of drug-likeness (QED) is 0.0362. The van der Waals surface area contributed by atoms with Gasteiger partial charge in [0.25, 0.3) is 0 Å². The predicted octanol–water partition coefficient (Wildman–Crippen LogP) is 6.22. The lowest BCUT2D eigenvalue weighted by Gasteiger charge is -2.45. The highest BCUT2D eigenvalue weighted by atomic mass is 16.7. The molecule has 21 heteroatoms. The lowest BCUT2D eigenvalue weighted by atomic mass is 9.88. The van der Waals surface area contributed by atoms with E-state index in [9.17, 15) is 25.2 Å². The van der Waals surface area contributed by atoms with E-state index in [1.165, 1.54) is 19.0 Å². The Kier molecular flexibility index (Phi) is 44.9. The summed E-state index contributed by atoms with van der Waals surface area (Å²) in [6.45, 7) is 30.5. The van der Waals surface area contributed by atoms with Gasteiger partial charge in [0.05, 0.1) is 54.8 Å². The van der Waals surface area contributed by atoms with Crippen LogP contribution in [0.4, 0.5) is 5.69 Å². The molecule has 0 aromatic heterocycles. The average Bonchev–Trinajstić information content (AvgIpc) is 3.45. The van der Waals surface area contributed by atoms with E-state index in [4.69, 9.17) is 60.8 Å². The Bertz CT molecular complexity index is 1720. The summed E-state index contributed by atoms with van der Waals surface area (Å²) in [6.07, 6.45) is 3.80. The number of nitrogens with two attached hydrogens (primary N) is 3.